The van der Waals surface area contributed by atoms with E-state index in [1.807, 2.05) is 56.5 Å². The van der Waals surface area contributed by atoms with Gasteiger partial charge in [-0.25, -0.2) is 9.59 Å². The fourth-order valence-electron chi connectivity index (χ4n) is 4.35. The Morgan fingerprint density at radius 2 is 1.60 bits per heavy atom. The second-order valence-corrected chi connectivity index (χ2v) is 9.94. The molecule has 35 heavy (non-hydrogen) atoms. The number of alkyl carbamates (subject to hydrolysis) is 1. The maximum Gasteiger partial charge on any atom is 0.407 e. The molecule has 0 bridgehead atoms. The Hall–Kier alpha value is -3.00. The van der Waals surface area contributed by atoms with E-state index in [4.69, 9.17) is 4.74 Å². The van der Waals surface area contributed by atoms with Crippen molar-refractivity contribution in [2.24, 2.45) is 5.92 Å². The maximum atomic E-state index is 12.9. The van der Waals surface area contributed by atoms with Crippen LogP contribution in [-0.2, 0) is 14.3 Å². The van der Waals surface area contributed by atoms with Crippen LogP contribution in [0.4, 0.5) is 4.79 Å². The van der Waals surface area contributed by atoms with E-state index in [-0.39, 0.29) is 18.4 Å². The predicted molar refractivity (Wildman–Crippen MR) is 139 cm³/mol. The van der Waals surface area contributed by atoms with Gasteiger partial charge in [-0.05, 0) is 53.0 Å². The van der Waals surface area contributed by atoms with Crippen LogP contribution in [0, 0.1) is 5.92 Å². The van der Waals surface area contributed by atoms with Crippen molar-refractivity contribution in [2.75, 3.05) is 18.6 Å². The van der Waals surface area contributed by atoms with Crippen molar-refractivity contribution < 1.29 is 24.2 Å². The zero-order valence-corrected chi connectivity index (χ0v) is 21.3. The zero-order valence-electron chi connectivity index (χ0n) is 20.5. The molecule has 1 aliphatic rings. The highest BCUT2D eigenvalue weighted by Gasteiger charge is 2.31. The van der Waals surface area contributed by atoms with Gasteiger partial charge in [-0.15, -0.1) is 0 Å². The number of ether oxygens (including phenoxy) is 1. The quantitative estimate of drug-likeness (QED) is 0.393. The molecule has 2 unspecified atom stereocenters. The average Bonchev–Trinajstić information content (AvgIpc) is 3.18. The van der Waals surface area contributed by atoms with Gasteiger partial charge < -0.3 is 20.5 Å². The van der Waals surface area contributed by atoms with Crippen LogP contribution in [0.25, 0.3) is 11.1 Å². The topological polar surface area (TPSA) is 105 Å². The van der Waals surface area contributed by atoms with Gasteiger partial charge in [0.15, 0.2) is 0 Å². The van der Waals surface area contributed by atoms with Crippen LogP contribution in [0.5, 0.6) is 0 Å². The first-order chi connectivity index (χ1) is 16.8. The molecule has 0 aromatic heterocycles. The maximum absolute atomic E-state index is 12.9. The number of benzene rings is 2. The second kappa shape index (κ2) is 12.6. The van der Waals surface area contributed by atoms with Gasteiger partial charge in [-0.3, -0.25) is 4.79 Å². The van der Waals surface area contributed by atoms with Crippen LogP contribution in [0.15, 0.2) is 48.5 Å². The van der Waals surface area contributed by atoms with Gasteiger partial charge in [-0.2, -0.15) is 11.8 Å². The molecule has 1 aliphatic carbocycles. The molecule has 7 nitrogen and oxygen atoms in total. The van der Waals surface area contributed by atoms with Crippen LogP contribution in [0.3, 0.4) is 0 Å². The number of carboxylic acid groups (broad SMARTS) is 1. The summed E-state index contributed by atoms with van der Waals surface area (Å²) in [5.41, 5.74) is 4.48. The predicted octanol–water partition coefficient (Wildman–Crippen LogP) is 4.65. The standard InChI is InChI=1S/C27H34N2O5S/c1-4-17(2)15-24(26(31)32)28-25(30)23(13-14-35-3)29-27(33)34-16-22-20-11-7-5-9-18(20)19-10-6-8-12-21(19)22/h5-12,17,22-24H,4,13-16H2,1-3H3,(H,28,30)(H,29,33)(H,31,32)/t17?,23-,24?/m1/s1. The van der Waals surface area contributed by atoms with Crippen molar-refractivity contribution in [3.05, 3.63) is 59.7 Å². The Balaban J connectivity index is 1.64. The summed E-state index contributed by atoms with van der Waals surface area (Å²) in [7, 11) is 0. The molecular formula is C27H34N2O5S. The van der Waals surface area contributed by atoms with Crippen molar-refractivity contribution in [1.82, 2.24) is 10.6 Å². The zero-order chi connectivity index (χ0) is 25.4. The Morgan fingerprint density at radius 3 is 2.14 bits per heavy atom. The fraction of sp³-hybridized carbons (Fsp3) is 0.444. The number of carboxylic acids is 1. The molecule has 2 aromatic rings. The third-order valence-electron chi connectivity index (χ3n) is 6.51. The number of rotatable bonds is 12. The first kappa shape index (κ1) is 26.6. The minimum atomic E-state index is -1.08. The van der Waals surface area contributed by atoms with E-state index in [9.17, 15) is 19.5 Å². The first-order valence-electron chi connectivity index (χ1n) is 12.0. The third kappa shape index (κ3) is 6.78. The van der Waals surface area contributed by atoms with Gasteiger partial charge in [0.25, 0.3) is 0 Å². The number of hydrogen-bond donors (Lipinski definition) is 3. The summed E-state index contributed by atoms with van der Waals surface area (Å²) in [5.74, 6) is -0.897. The normalized spacial score (nSPS) is 14.8. The van der Waals surface area contributed by atoms with Crippen molar-refractivity contribution in [3.63, 3.8) is 0 Å². The highest BCUT2D eigenvalue weighted by atomic mass is 32.2. The average molecular weight is 499 g/mol. The lowest BCUT2D eigenvalue weighted by atomic mass is 9.98. The first-order valence-corrected chi connectivity index (χ1v) is 13.4. The largest absolute Gasteiger partial charge is 0.480 e. The van der Waals surface area contributed by atoms with Crippen LogP contribution in [0.1, 0.15) is 50.2 Å². The lowest BCUT2D eigenvalue weighted by molar-refractivity contribution is -0.142. The molecule has 3 N–H and O–H groups in total. The van der Waals surface area contributed by atoms with E-state index < -0.39 is 30.1 Å². The number of carbonyl (C=O) groups is 3. The molecule has 2 amide bonds. The molecule has 0 fully saturated rings. The lowest BCUT2D eigenvalue weighted by Crippen LogP contribution is -2.52. The molecule has 0 heterocycles. The number of carbonyl (C=O) groups excluding carboxylic acids is 2. The monoisotopic (exact) mass is 498 g/mol. The number of thioether (sulfide) groups is 1. The van der Waals surface area contributed by atoms with Gasteiger partial charge in [0.2, 0.25) is 5.91 Å². The highest BCUT2D eigenvalue weighted by Crippen LogP contribution is 2.44. The van der Waals surface area contributed by atoms with Crippen LogP contribution < -0.4 is 10.6 Å². The summed E-state index contributed by atoms with van der Waals surface area (Å²) >= 11 is 1.54. The number of fused-ring (bicyclic) bond motifs is 3. The fourth-order valence-corrected chi connectivity index (χ4v) is 4.82. The molecule has 188 valence electrons. The number of nitrogens with one attached hydrogen (secondary N) is 2. The van der Waals surface area contributed by atoms with Gasteiger partial charge in [0.05, 0.1) is 0 Å². The molecule has 3 rings (SSSR count). The van der Waals surface area contributed by atoms with E-state index in [0.717, 1.165) is 28.7 Å². The van der Waals surface area contributed by atoms with E-state index in [1.54, 1.807) is 11.8 Å². The molecule has 0 spiro atoms. The molecule has 0 saturated carbocycles. The van der Waals surface area contributed by atoms with Gasteiger partial charge in [0.1, 0.15) is 18.7 Å². The molecule has 8 heteroatoms. The van der Waals surface area contributed by atoms with Crippen molar-refractivity contribution in [2.45, 2.75) is 51.1 Å². The smallest absolute Gasteiger partial charge is 0.407 e. The van der Waals surface area contributed by atoms with Gasteiger partial charge >= 0.3 is 12.1 Å². The molecule has 0 saturated heterocycles. The highest BCUT2D eigenvalue weighted by molar-refractivity contribution is 7.98. The molecule has 0 radical (unpaired) electrons. The minimum absolute atomic E-state index is 0.0847. The molecule has 0 aliphatic heterocycles. The van der Waals surface area contributed by atoms with E-state index in [0.29, 0.717) is 18.6 Å². The van der Waals surface area contributed by atoms with Gasteiger partial charge in [0, 0.05) is 5.92 Å². The molecule has 2 aromatic carbocycles. The minimum Gasteiger partial charge on any atom is -0.480 e. The van der Waals surface area contributed by atoms with E-state index in [2.05, 4.69) is 22.8 Å². The Labute approximate surface area is 211 Å². The van der Waals surface area contributed by atoms with Crippen LogP contribution in [0.2, 0.25) is 0 Å². The Bertz CT molecular complexity index is 998. The Morgan fingerprint density at radius 1 is 1.00 bits per heavy atom. The van der Waals surface area contributed by atoms with Crippen molar-refractivity contribution >= 4 is 29.7 Å². The number of hydrogen-bond acceptors (Lipinski definition) is 5. The lowest BCUT2D eigenvalue weighted by Gasteiger charge is -2.23. The summed E-state index contributed by atoms with van der Waals surface area (Å²) in [6, 6.07) is 14.3. The van der Waals surface area contributed by atoms with Crippen LogP contribution >= 0.6 is 11.8 Å². The molecular weight excluding hydrogens is 464 g/mol. The summed E-state index contributed by atoms with van der Waals surface area (Å²) in [6.45, 7) is 4.07. The van der Waals surface area contributed by atoms with Crippen molar-refractivity contribution in [3.8, 4) is 11.1 Å². The van der Waals surface area contributed by atoms with E-state index in [1.165, 1.54) is 0 Å². The number of amides is 2. The summed E-state index contributed by atoms with van der Waals surface area (Å²) in [6.07, 6.45) is 2.73. The third-order valence-corrected chi connectivity index (χ3v) is 7.16. The summed E-state index contributed by atoms with van der Waals surface area (Å²) in [4.78, 5) is 37.3. The summed E-state index contributed by atoms with van der Waals surface area (Å²) in [5, 5.41) is 14.8. The second-order valence-electron chi connectivity index (χ2n) is 8.95. The SMILES string of the molecule is CCC(C)CC(NC(=O)[C@@H](CCSC)NC(=O)OCC1c2ccccc2-c2ccccc21)C(=O)O. The van der Waals surface area contributed by atoms with Crippen LogP contribution in [-0.4, -0.2) is 53.8 Å². The number of aliphatic carboxylic acids is 1. The van der Waals surface area contributed by atoms with Crippen molar-refractivity contribution in [1.29, 1.82) is 0 Å². The van der Waals surface area contributed by atoms with E-state index >= 15 is 0 Å². The Kier molecular flexibility index (Phi) is 9.60. The molecule has 3 atom stereocenters. The summed E-state index contributed by atoms with van der Waals surface area (Å²) < 4.78 is 5.58. The van der Waals surface area contributed by atoms with Gasteiger partial charge in [-0.1, -0.05) is 68.8 Å².